The molecule has 1 atom stereocenters. The largest absolute Gasteiger partial charge is 0.493 e. The Morgan fingerprint density at radius 1 is 1.11 bits per heavy atom. The van der Waals surface area contributed by atoms with Crippen LogP contribution in [0.4, 0.5) is 4.79 Å². The van der Waals surface area contributed by atoms with E-state index in [4.69, 9.17) is 15.9 Å². The molecule has 1 aliphatic rings. The first kappa shape index (κ1) is 18.9. The molecule has 0 aliphatic carbocycles. The van der Waals surface area contributed by atoms with Crippen molar-refractivity contribution in [2.24, 2.45) is 0 Å². The quantitative estimate of drug-likeness (QED) is 0.687. The molecule has 6 heteroatoms. The minimum atomic E-state index is -0.441. The number of hydrogen-bond acceptors (Lipinski definition) is 5. The van der Waals surface area contributed by atoms with Gasteiger partial charge in [0.15, 0.2) is 11.5 Å². The lowest BCUT2D eigenvalue weighted by Crippen LogP contribution is -2.31. The molecule has 0 radical (unpaired) electrons. The maximum absolute atomic E-state index is 12.7. The van der Waals surface area contributed by atoms with Crippen LogP contribution < -0.4 is 9.47 Å². The molecule has 5 nitrogen and oxygen atoms in total. The number of amides is 2. The van der Waals surface area contributed by atoms with Gasteiger partial charge in [0.05, 0.1) is 18.9 Å². The highest BCUT2D eigenvalue weighted by Gasteiger charge is 2.39. The molecule has 1 saturated heterocycles. The Morgan fingerprint density at radius 2 is 1.89 bits per heavy atom. The van der Waals surface area contributed by atoms with Crippen molar-refractivity contribution in [2.45, 2.75) is 18.2 Å². The second-order valence-corrected chi connectivity index (χ2v) is 7.12. The molecule has 2 aromatic rings. The first-order chi connectivity index (χ1) is 13.1. The molecule has 0 N–H and O–H groups in total. The van der Waals surface area contributed by atoms with E-state index in [-0.39, 0.29) is 17.8 Å². The average molecular weight is 381 g/mol. The molecule has 0 bridgehead atoms. The standard InChI is InChI=1S/C21H19NO4S/c1-3-11-26-17-10-9-16(12-18(17)25-2)13-19-20(23)22(21(24)27-19)14-15-7-5-4-6-8-15/h1,4-10,12,19H,11,13-14H2,2H3/t19-/m1/s1. The highest BCUT2D eigenvalue weighted by molar-refractivity contribution is 8.15. The normalized spacial score (nSPS) is 16.3. The number of nitrogens with zero attached hydrogens (tertiary/aromatic N) is 1. The molecule has 1 heterocycles. The fourth-order valence-corrected chi connectivity index (χ4v) is 3.86. The molecule has 3 rings (SSSR count). The van der Waals surface area contributed by atoms with Crippen LogP contribution in [0.2, 0.25) is 0 Å². The SMILES string of the molecule is C#CCOc1ccc(C[C@H]2SC(=O)N(Cc3ccccc3)C2=O)cc1OC. The number of carbonyl (C=O) groups is 2. The summed E-state index contributed by atoms with van der Waals surface area (Å²) in [7, 11) is 1.54. The molecule has 1 aliphatic heterocycles. The molecule has 0 aromatic heterocycles. The van der Waals surface area contributed by atoms with Gasteiger partial charge < -0.3 is 9.47 Å². The first-order valence-electron chi connectivity index (χ1n) is 8.41. The van der Waals surface area contributed by atoms with Gasteiger partial charge >= 0.3 is 0 Å². The van der Waals surface area contributed by atoms with Gasteiger partial charge in [0, 0.05) is 0 Å². The summed E-state index contributed by atoms with van der Waals surface area (Å²) < 4.78 is 10.8. The van der Waals surface area contributed by atoms with Crippen molar-refractivity contribution in [3.8, 4) is 23.8 Å². The fourth-order valence-electron chi connectivity index (χ4n) is 2.83. The number of ether oxygens (including phenoxy) is 2. The molecule has 0 saturated carbocycles. The van der Waals surface area contributed by atoms with Crippen LogP contribution >= 0.6 is 11.8 Å². The predicted octanol–water partition coefficient (Wildman–Crippen LogP) is 3.51. The minimum absolute atomic E-state index is 0.148. The van der Waals surface area contributed by atoms with Gasteiger partial charge in [-0.15, -0.1) is 6.42 Å². The van der Waals surface area contributed by atoms with Crippen molar-refractivity contribution in [3.63, 3.8) is 0 Å². The summed E-state index contributed by atoms with van der Waals surface area (Å²) >= 11 is 1.07. The number of methoxy groups -OCH3 is 1. The van der Waals surface area contributed by atoms with Crippen LogP contribution in [0, 0.1) is 12.3 Å². The zero-order valence-electron chi connectivity index (χ0n) is 14.9. The van der Waals surface area contributed by atoms with E-state index >= 15 is 0 Å². The van der Waals surface area contributed by atoms with E-state index in [9.17, 15) is 9.59 Å². The van der Waals surface area contributed by atoms with Gasteiger partial charge in [0.25, 0.3) is 5.24 Å². The average Bonchev–Trinajstić information content (AvgIpc) is 2.95. The highest BCUT2D eigenvalue weighted by Crippen LogP contribution is 2.33. The van der Waals surface area contributed by atoms with Crippen molar-refractivity contribution >= 4 is 22.9 Å². The van der Waals surface area contributed by atoms with Gasteiger partial charge in [-0.05, 0) is 29.7 Å². The first-order valence-corrected chi connectivity index (χ1v) is 9.29. The van der Waals surface area contributed by atoms with E-state index in [0.717, 1.165) is 22.9 Å². The summed E-state index contributed by atoms with van der Waals surface area (Å²) in [5, 5.41) is -0.654. The molecule has 2 amide bonds. The van der Waals surface area contributed by atoms with Crippen LogP contribution in [0.3, 0.4) is 0 Å². The Balaban J connectivity index is 1.70. The van der Waals surface area contributed by atoms with Gasteiger partial charge in [-0.3, -0.25) is 14.5 Å². The Bertz CT molecular complexity index is 875. The second-order valence-electron chi connectivity index (χ2n) is 5.96. The maximum Gasteiger partial charge on any atom is 0.289 e. The smallest absolute Gasteiger partial charge is 0.289 e. The molecule has 0 unspecified atom stereocenters. The topological polar surface area (TPSA) is 55.8 Å². The zero-order valence-corrected chi connectivity index (χ0v) is 15.7. The Kier molecular flexibility index (Phi) is 6.05. The molecule has 2 aromatic carbocycles. The van der Waals surface area contributed by atoms with E-state index in [1.165, 1.54) is 4.90 Å². The van der Waals surface area contributed by atoms with E-state index in [0.29, 0.717) is 24.5 Å². The number of rotatable bonds is 7. The number of carbonyl (C=O) groups excluding carboxylic acids is 2. The zero-order chi connectivity index (χ0) is 19.2. The number of terminal acetylenes is 1. The van der Waals surface area contributed by atoms with Crippen molar-refractivity contribution in [1.82, 2.24) is 4.90 Å². The second kappa shape index (κ2) is 8.65. The molecule has 1 fully saturated rings. The lowest BCUT2D eigenvalue weighted by molar-refractivity contribution is -0.127. The van der Waals surface area contributed by atoms with Crippen LogP contribution in [0.25, 0.3) is 0 Å². The predicted molar refractivity (Wildman–Crippen MR) is 105 cm³/mol. The Labute approximate surface area is 162 Å². The van der Waals surface area contributed by atoms with E-state index < -0.39 is 5.25 Å². The third kappa shape index (κ3) is 4.44. The van der Waals surface area contributed by atoms with Crippen molar-refractivity contribution < 1.29 is 19.1 Å². The Hall–Kier alpha value is -2.91. The lowest BCUT2D eigenvalue weighted by atomic mass is 10.1. The van der Waals surface area contributed by atoms with E-state index in [1.807, 2.05) is 42.5 Å². The summed E-state index contributed by atoms with van der Waals surface area (Å²) in [6, 6.07) is 14.9. The fraction of sp³-hybridized carbons (Fsp3) is 0.238. The van der Waals surface area contributed by atoms with Gasteiger partial charge in [-0.25, -0.2) is 0 Å². The number of benzene rings is 2. The van der Waals surface area contributed by atoms with Crippen LogP contribution in [-0.2, 0) is 17.8 Å². The molecule has 138 valence electrons. The van der Waals surface area contributed by atoms with Crippen LogP contribution in [0.15, 0.2) is 48.5 Å². The summed E-state index contributed by atoms with van der Waals surface area (Å²) in [5.74, 6) is 3.34. The summed E-state index contributed by atoms with van der Waals surface area (Å²) in [5.41, 5.74) is 1.82. The van der Waals surface area contributed by atoms with Crippen molar-refractivity contribution in [1.29, 1.82) is 0 Å². The highest BCUT2D eigenvalue weighted by atomic mass is 32.2. The van der Waals surface area contributed by atoms with E-state index in [1.54, 1.807) is 13.2 Å². The summed E-state index contributed by atoms with van der Waals surface area (Å²) in [6.45, 7) is 0.444. The van der Waals surface area contributed by atoms with Gasteiger partial charge in [-0.1, -0.05) is 54.1 Å². The maximum atomic E-state index is 12.7. The van der Waals surface area contributed by atoms with Crippen molar-refractivity contribution in [3.05, 3.63) is 59.7 Å². The van der Waals surface area contributed by atoms with Crippen molar-refractivity contribution in [2.75, 3.05) is 13.7 Å². The Morgan fingerprint density at radius 3 is 2.59 bits per heavy atom. The molecular weight excluding hydrogens is 362 g/mol. The monoisotopic (exact) mass is 381 g/mol. The summed E-state index contributed by atoms with van der Waals surface area (Å²) in [4.78, 5) is 26.3. The van der Waals surface area contributed by atoms with Crippen LogP contribution in [0.1, 0.15) is 11.1 Å². The van der Waals surface area contributed by atoms with Crippen LogP contribution in [0.5, 0.6) is 11.5 Å². The van der Waals surface area contributed by atoms with Crippen LogP contribution in [-0.4, -0.2) is 35.0 Å². The number of hydrogen-bond donors (Lipinski definition) is 0. The molecule has 0 spiro atoms. The lowest BCUT2D eigenvalue weighted by Gasteiger charge is -2.14. The molecule has 27 heavy (non-hydrogen) atoms. The van der Waals surface area contributed by atoms with E-state index in [2.05, 4.69) is 5.92 Å². The van der Waals surface area contributed by atoms with Gasteiger partial charge in [0.2, 0.25) is 5.91 Å². The number of imide groups is 1. The minimum Gasteiger partial charge on any atom is -0.493 e. The third-order valence-corrected chi connectivity index (χ3v) is 5.22. The third-order valence-electron chi connectivity index (χ3n) is 4.15. The molecular formula is C21H19NO4S. The number of thioether (sulfide) groups is 1. The summed E-state index contributed by atoms with van der Waals surface area (Å²) in [6.07, 6.45) is 5.65. The van der Waals surface area contributed by atoms with Gasteiger partial charge in [0.1, 0.15) is 6.61 Å². The van der Waals surface area contributed by atoms with Gasteiger partial charge in [-0.2, -0.15) is 0 Å².